The van der Waals surface area contributed by atoms with Gasteiger partial charge in [-0.15, -0.1) is 0 Å². The zero-order valence-electron chi connectivity index (χ0n) is 21.1. The van der Waals surface area contributed by atoms with Gasteiger partial charge in [0.05, 0.1) is 21.7 Å². The van der Waals surface area contributed by atoms with Crippen LogP contribution in [-0.4, -0.2) is 47.5 Å². The maximum atomic E-state index is 12.5. The van der Waals surface area contributed by atoms with Gasteiger partial charge in [-0.25, -0.2) is 4.98 Å². The van der Waals surface area contributed by atoms with Crippen LogP contribution in [0.4, 0.5) is 5.82 Å². The van der Waals surface area contributed by atoms with Crippen molar-refractivity contribution in [2.24, 2.45) is 0 Å². The Labute approximate surface area is 223 Å². The molecule has 3 rings (SSSR count). The molecule has 0 spiro atoms. The lowest BCUT2D eigenvalue weighted by Crippen LogP contribution is -2.37. The normalized spacial score (nSPS) is 10.6. The summed E-state index contributed by atoms with van der Waals surface area (Å²) in [6, 6.07) is 13.9. The number of aliphatic hydroxyl groups excluding tert-OH is 1. The fraction of sp³-hybridized carbons (Fsp3) is 0.333. The van der Waals surface area contributed by atoms with Crippen LogP contribution in [0.15, 0.2) is 54.7 Å². The molecule has 0 aliphatic heterocycles. The molecule has 0 bridgehead atoms. The van der Waals surface area contributed by atoms with Gasteiger partial charge >= 0.3 is 0 Å². The number of carbonyl (C=O) groups is 2. The van der Waals surface area contributed by atoms with E-state index in [2.05, 4.69) is 20.6 Å². The van der Waals surface area contributed by atoms with Gasteiger partial charge in [0.2, 0.25) is 0 Å². The predicted octanol–water partition coefficient (Wildman–Crippen LogP) is 5.18. The number of hydrogen-bond donors (Lipinski definition) is 3. The van der Waals surface area contributed by atoms with Crippen LogP contribution >= 0.6 is 23.2 Å². The molecule has 2 heterocycles. The molecule has 0 fully saturated rings. The van der Waals surface area contributed by atoms with Crippen LogP contribution in [0, 0.1) is 0 Å². The number of carbonyl (C=O) groups excluding carboxylic acids is 2. The highest BCUT2D eigenvalue weighted by Gasteiger charge is 2.18. The summed E-state index contributed by atoms with van der Waals surface area (Å²) < 4.78 is 0. The van der Waals surface area contributed by atoms with Crippen molar-refractivity contribution in [3.8, 4) is 0 Å². The molecule has 0 saturated heterocycles. The molecular formula is C27H34Cl2N4O3. The standard InChI is InChI=1S/C24H24Cl2N4O2.C2H6.CH4O/c1-27-22-10-3-7-18(29-22)6-2-5-17-12-11-16(14-28-17)13-19(15-31)30-24(32)23-20(25)8-4-9-21(23)26;2*1-2/h3-4,7-12,14-15,19H,2,5-6,13H2,1H3,(H,27,29)(H,30,32);1-2H3;2H,1H3. The first kappa shape index (κ1) is 31.0. The van der Waals surface area contributed by atoms with Gasteiger partial charge in [-0.05, 0) is 55.2 Å². The summed E-state index contributed by atoms with van der Waals surface area (Å²) in [4.78, 5) is 33.0. The van der Waals surface area contributed by atoms with E-state index < -0.39 is 11.9 Å². The number of aryl methyl sites for hydroxylation is 2. The van der Waals surface area contributed by atoms with Gasteiger partial charge in [0.25, 0.3) is 5.91 Å². The fourth-order valence-corrected chi connectivity index (χ4v) is 3.84. The number of anilines is 1. The van der Waals surface area contributed by atoms with E-state index in [1.165, 1.54) is 0 Å². The number of aldehydes is 1. The van der Waals surface area contributed by atoms with E-state index in [0.29, 0.717) is 12.7 Å². The van der Waals surface area contributed by atoms with Crippen LogP contribution in [0.3, 0.4) is 0 Å². The molecular weight excluding hydrogens is 499 g/mol. The van der Waals surface area contributed by atoms with Crippen LogP contribution in [-0.2, 0) is 24.1 Å². The Balaban J connectivity index is 0.00000154. The highest BCUT2D eigenvalue weighted by atomic mass is 35.5. The minimum Gasteiger partial charge on any atom is -0.400 e. The van der Waals surface area contributed by atoms with Crippen LogP contribution < -0.4 is 10.6 Å². The Morgan fingerprint density at radius 1 is 1.00 bits per heavy atom. The quantitative estimate of drug-likeness (QED) is 0.311. The molecule has 7 nitrogen and oxygen atoms in total. The van der Waals surface area contributed by atoms with Gasteiger partial charge in [0.15, 0.2) is 0 Å². The third-order valence-electron chi connectivity index (χ3n) is 4.94. The van der Waals surface area contributed by atoms with E-state index in [1.807, 2.05) is 51.2 Å². The lowest BCUT2D eigenvalue weighted by atomic mass is 10.1. The molecule has 0 saturated carbocycles. The molecule has 3 N–H and O–H groups in total. The second kappa shape index (κ2) is 17.4. The number of aliphatic hydroxyl groups is 1. The predicted molar refractivity (Wildman–Crippen MR) is 147 cm³/mol. The van der Waals surface area contributed by atoms with Crippen molar-refractivity contribution in [3.63, 3.8) is 0 Å². The van der Waals surface area contributed by atoms with Gasteiger partial charge in [-0.3, -0.25) is 9.78 Å². The Hall–Kier alpha value is -3.00. The van der Waals surface area contributed by atoms with Crippen molar-refractivity contribution in [1.29, 1.82) is 0 Å². The van der Waals surface area contributed by atoms with Crippen molar-refractivity contribution in [3.05, 3.63) is 87.3 Å². The number of pyridine rings is 2. The number of aromatic nitrogens is 2. The SMILES string of the molecule is CC.CNc1cccc(CCCc2ccc(CC(C=O)NC(=O)c3c(Cl)cccc3Cl)cn2)n1.CO. The topological polar surface area (TPSA) is 104 Å². The van der Waals surface area contributed by atoms with Crippen LogP contribution in [0.25, 0.3) is 0 Å². The molecule has 36 heavy (non-hydrogen) atoms. The lowest BCUT2D eigenvalue weighted by molar-refractivity contribution is -0.109. The van der Waals surface area contributed by atoms with Crippen LogP contribution in [0.1, 0.15) is 47.6 Å². The van der Waals surface area contributed by atoms with E-state index in [4.69, 9.17) is 28.3 Å². The Kier molecular flexibility index (Phi) is 15.0. The third-order valence-corrected chi connectivity index (χ3v) is 5.57. The first-order valence-corrected chi connectivity index (χ1v) is 12.5. The molecule has 3 aromatic rings. The van der Waals surface area contributed by atoms with Crippen molar-refractivity contribution >= 4 is 41.2 Å². The highest BCUT2D eigenvalue weighted by molar-refractivity contribution is 6.39. The van der Waals surface area contributed by atoms with E-state index in [9.17, 15) is 9.59 Å². The average Bonchev–Trinajstić information content (AvgIpc) is 2.91. The summed E-state index contributed by atoms with van der Waals surface area (Å²) in [5, 5.41) is 13.2. The van der Waals surface area contributed by atoms with Crippen molar-refractivity contribution in [1.82, 2.24) is 15.3 Å². The van der Waals surface area contributed by atoms with Crippen LogP contribution in [0.5, 0.6) is 0 Å². The van der Waals surface area contributed by atoms with Crippen molar-refractivity contribution < 1.29 is 14.7 Å². The molecule has 194 valence electrons. The summed E-state index contributed by atoms with van der Waals surface area (Å²) in [6.45, 7) is 4.00. The minimum absolute atomic E-state index is 0.158. The van der Waals surface area contributed by atoms with Gasteiger partial charge < -0.3 is 20.5 Å². The number of hydrogen-bond acceptors (Lipinski definition) is 6. The second-order valence-corrected chi connectivity index (χ2v) is 8.11. The molecule has 1 atom stereocenters. The molecule has 1 amide bonds. The van der Waals surface area contributed by atoms with Crippen molar-refractivity contribution in [2.45, 2.75) is 45.6 Å². The first-order chi connectivity index (χ1) is 17.5. The summed E-state index contributed by atoms with van der Waals surface area (Å²) in [7, 11) is 2.85. The van der Waals surface area contributed by atoms with Gasteiger partial charge in [0.1, 0.15) is 12.1 Å². The average molecular weight is 534 g/mol. The Morgan fingerprint density at radius 3 is 2.22 bits per heavy atom. The summed E-state index contributed by atoms with van der Waals surface area (Å²) in [6.07, 6.45) is 5.38. The minimum atomic E-state index is -0.715. The van der Waals surface area contributed by atoms with Gasteiger partial charge in [0, 0.05) is 38.2 Å². The zero-order valence-corrected chi connectivity index (χ0v) is 22.6. The molecule has 0 aliphatic rings. The second-order valence-electron chi connectivity index (χ2n) is 7.29. The maximum Gasteiger partial charge on any atom is 0.254 e. The zero-order chi connectivity index (χ0) is 26.9. The molecule has 1 unspecified atom stereocenters. The summed E-state index contributed by atoms with van der Waals surface area (Å²) >= 11 is 12.1. The monoisotopic (exact) mass is 532 g/mol. The largest absolute Gasteiger partial charge is 0.400 e. The molecule has 9 heteroatoms. The number of rotatable bonds is 10. The fourth-order valence-electron chi connectivity index (χ4n) is 3.27. The first-order valence-electron chi connectivity index (χ1n) is 11.7. The molecule has 0 radical (unpaired) electrons. The molecule has 0 aliphatic carbocycles. The van der Waals surface area contributed by atoms with Crippen LogP contribution in [0.2, 0.25) is 10.0 Å². The van der Waals surface area contributed by atoms with E-state index >= 15 is 0 Å². The third kappa shape index (κ3) is 9.93. The molecule has 1 aromatic carbocycles. The number of halogens is 2. The van der Waals surface area contributed by atoms with Gasteiger partial charge in [-0.1, -0.05) is 55.2 Å². The number of amides is 1. The van der Waals surface area contributed by atoms with E-state index in [-0.39, 0.29) is 15.6 Å². The number of nitrogens with zero attached hydrogens (tertiary/aromatic N) is 2. The van der Waals surface area contributed by atoms with E-state index in [1.54, 1.807) is 24.4 Å². The number of benzene rings is 1. The lowest BCUT2D eigenvalue weighted by Gasteiger charge is -2.14. The summed E-state index contributed by atoms with van der Waals surface area (Å²) in [5.41, 5.74) is 3.01. The maximum absolute atomic E-state index is 12.5. The Bertz CT molecular complexity index is 1060. The molecule has 2 aromatic heterocycles. The summed E-state index contributed by atoms with van der Waals surface area (Å²) in [5.74, 6) is 0.372. The van der Waals surface area contributed by atoms with E-state index in [0.717, 1.165) is 49.1 Å². The van der Waals surface area contributed by atoms with Crippen molar-refractivity contribution in [2.75, 3.05) is 19.5 Å². The smallest absolute Gasteiger partial charge is 0.254 e. The Morgan fingerprint density at radius 2 is 1.64 bits per heavy atom. The highest BCUT2D eigenvalue weighted by Crippen LogP contribution is 2.24. The number of nitrogens with one attached hydrogen (secondary N) is 2. The van der Waals surface area contributed by atoms with Gasteiger partial charge in [-0.2, -0.15) is 0 Å².